The summed E-state index contributed by atoms with van der Waals surface area (Å²) in [7, 11) is 0. The standard InChI is InChI=1S/C8H16O4/c1-7(2)11-4-6(12-7)8(3,10)5-9/h6,9-10H,4-5H2,1-3H3/t6-,8-/m1/s1. The summed E-state index contributed by atoms with van der Waals surface area (Å²) in [6.07, 6.45) is -0.447. The summed E-state index contributed by atoms with van der Waals surface area (Å²) in [6.45, 7) is 5.08. The van der Waals surface area contributed by atoms with Crippen LogP contribution in [0.5, 0.6) is 0 Å². The SMILES string of the molecule is CC1(C)OC[C@H]([C@](C)(O)CO)O1. The number of aliphatic hydroxyl groups is 2. The van der Waals surface area contributed by atoms with Crippen molar-refractivity contribution in [2.24, 2.45) is 0 Å². The molecule has 1 aliphatic heterocycles. The Morgan fingerprint density at radius 3 is 2.50 bits per heavy atom. The molecule has 2 N–H and O–H groups in total. The Morgan fingerprint density at radius 1 is 1.58 bits per heavy atom. The first kappa shape index (κ1) is 9.92. The molecule has 0 bridgehead atoms. The van der Waals surface area contributed by atoms with E-state index in [1.54, 1.807) is 13.8 Å². The Balaban J connectivity index is 2.58. The minimum Gasteiger partial charge on any atom is -0.393 e. The largest absolute Gasteiger partial charge is 0.393 e. The minimum atomic E-state index is -1.21. The molecule has 12 heavy (non-hydrogen) atoms. The Hall–Kier alpha value is -0.160. The molecule has 4 heteroatoms. The van der Waals surface area contributed by atoms with Gasteiger partial charge >= 0.3 is 0 Å². The predicted octanol–water partition coefficient (Wildman–Crippen LogP) is -0.119. The van der Waals surface area contributed by atoms with Crippen LogP contribution in [-0.2, 0) is 9.47 Å². The lowest BCUT2D eigenvalue weighted by Crippen LogP contribution is -2.45. The molecule has 72 valence electrons. The zero-order valence-electron chi connectivity index (χ0n) is 7.70. The van der Waals surface area contributed by atoms with E-state index in [2.05, 4.69) is 0 Å². The van der Waals surface area contributed by atoms with E-state index in [1.165, 1.54) is 6.92 Å². The van der Waals surface area contributed by atoms with Gasteiger partial charge in [0, 0.05) is 0 Å². The minimum absolute atomic E-state index is 0.320. The number of hydrogen-bond donors (Lipinski definition) is 2. The lowest BCUT2D eigenvalue weighted by Gasteiger charge is -2.27. The van der Waals surface area contributed by atoms with Gasteiger partial charge in [-0.3, -0.25) is 0 Å². The molecule has 0 amide bonds. The molecular formula is C8H16O4. The van der Waals surface area contributed by atoms with Gasteiger partial charge in [-0.05, 0) is 20.8 Å². The molecule has 1 aliphatic rings. The summed E-state index contributed by atoms with van der Waals surface area (Å²) >= 11 is 0. The fourth-order valence-electron chi connectivity index (χ4n) is 1.10. The number of ether oxygens (including phenoxy) is 2. The lowest BCUT2D eigenvalue weighted by molar-refractivity contribution is -0.173. The Bertz CT molecular complexity index is 164. The van der Waals surface area contributed by atoms with Gasteiger partial charge in [-0.25, -0.2) is 0 Å². The Kier molecular flexibility index (Phi) is 2.45. The second kappa shape index (κ2) is 2.96. The maximum absolute atomic E-state index is 9.60. The van der Waals surface area contributed by atoms with Gasteiger partial charge in [0.15, 0.2) is 5.79 Å². The number of hydrogen-bond acceptors (Lipinski definition) is 4. The molecule has 0 aromatic carbocycles. The van der Waals surface area contributed by atoms with Crippen molar-refractivity contribution in [3.8, 4) is 0 Å². The van der Waals surface area contributed by atoms with Crippen LogP contribution in [0.4, 0.5) is 0 Å². The third-order valence-electron chi connectivity index (χ3n) is 2.02. The lowest BCUT2D eigenvalue weighted by atomic mass is 10.0. The quantitative estimate of drug-likeness (QED) is 0.616. The van der Waals surface area contributed by atoms with Crippen LogP contribution in [-0.4, -0.2) is 40.9 Å². The highest BCUT2D eigenvalue weighted by Crippen LogP contribution is 2.28. The molecule has 0 aromatic rings. The zero-order chi connectivity index (χ0) is 9.41. The summed E-state index contributed by atoms with van der Waals surface area (Å²) < 4.78 is 10.6. The molecule has 0 aliphatic carbocycles. The third kappa shape index (κ3) is 1.95. The second-order valence-corrected chi connectivity index (χ2v) is 3.83. The first-order chi connectivity index (χ1) is 5.37. The van der Waals surface area contributed by atoms with Gasteiger partial charge in [0.05, 0.1) is 13.2 Å². The normalized spacial score (nSPS) is 33.2. The van der Waals surface area contributed by atoms with Crippen molar-refractivity contribution in [2.75, 3.05) is 13.2 Å². The van der Waals surface area contributed by atoms with E-state index in [0.717, 1.165) is 0 Å². The number of rotatable bonds is 2. The van der Waals surface area contributed by atoms with Crippen molar-refractivity contribution in [2.45, 2.75) is 38.3 Å². The van der Waals surface area contributed by atoms with Gasteiger partial charge in [0.1, 0.15) is 11.7 Å². The van der Waals surface area contributed by atoms with Crippen molar-refractivity contribution < 1.29 is 19.7 Å². The molecule has 0 unspecified atom stereocenters. The summed E-state index contributed by atoms with van der Waals surface area (Å²) in [4.78, 5) is 0. The van der Waals surface area contributed by atoms with Gasteiger partial charge in [-0.1, -0.05) is 0 Å². The van der Waals surface area contributed by atoms with Crippen LogP contribution in [0.1, 0.15) is 20.8 Å². The van der Waals surface area contributed by atoms with Crippen LogP contribution >= 0.6 is 0 Å². The highest BCUT2D eigenvalue weighted by atomic mass is 16.7. The Labute approximate surface area is 72.1 Å². The molecular weight excluding hydrogens is 160 g/mol. The van der Waals surface area contributed by atoms with Crippen molar-refractivity contribution in [1.82, 2.24) is 0 Å². The van der Waals surface area contributed by atoms with Gasteiger partial charge in [0.2, 0.25) is 0 Å². The molecule has 0 aromatic heterocycles. The molecule has 1 saturated heterocycles. The van der Waals surface area contributed by atoms with Crippen molar-refractivity contribution in [1.29, 1.82) is 0 Å². The molecule has 1 heterocycles. The molecule has 1 fully saturated rings. The van der Waals surface area contributed by atoms with E-state index < -0.39 is 17.5 Å². The predicted molar refractivity (Wildman–Crippen MR) is 42.6 cm³/mol. The molecule has 0 spiro atoms. The molecule has 4 nitrogen and oxygen atoms in total. The molecule has 0 saturated carbocycles. The summed E-state index contributed by atoms with van der Waals surface area (Å²) in [6, 6.07) is 0. The van der Waals surface area contributed by atoms with Crippen LogP contribution < -0.4 is 0 Å². The maximum Gasteiger partial charge on any atom is 0.163 e. The molecule has 1 rings (SSSR count). The van der Waals surface area contributed by atoms with Crippen LogP contribution in [0.2, 0.25) is 0 Å². The van der Waals surface area contributed by atoms with Crippen LogP contribution in [0.25, 0.3) is 0 Å². The van der Waals surface area contributed by atoms with E-state index in [1.807, 2.05) is 0 Å². The monoisotopic (exact) mass is 176 g/mol. The fraction of sp³-hybridized carbons (Fsp3) is 1.00. The Morgan fingerprint density at radius 2 is 2.17 bits per heavy atom. The summed E-state index contributed by atoms with van der Waals surface area (Å²) in [5.74, 6) is -0.649. The van der Waals surface area contributed by atoms with Gasteiger partial charge in [0.25, 0.3) is 0 Å². The second-order valence-electron chi connectivity index (χ2n) is 3.83. The summed E-state index contributed by atoms with van der Waals surface area (Å²) in [5, 5.41) is 18.4. The smallest absolute Gasteiger partial charge is 0.163 e. The maximum atomic E-state index is 9.60. The summed E-state index contributed by atoms with van der Waals surface area (Å²) in [5.41, 5.74) is -1.21. The van der Waals surface area contributed by atoms with Gasteiger partial charge in [-0.15, -0.1) is 0 Å². The van der Waals surface area contributed by atoms with Crippen LogP contribution in [0.3, 0.4) is 0 Å². The zero-order valence-corrected chi connectivity index (χ0v) is 7.70. The molecule has 0 radical (unpaired) electrons. The van der Waals surface area contributed by atoms with Gasteiger partial charge < -0.3 is 19.7 Å². The molecule has 2 atom stereocenters. The van der Waals surface area contributed by atoms with Crippen molar-refractivity contribution >= 4 is 0 Å². The van der Waals surface area contributed by atoms with E-state index >= 15 is 0 Å². The first-order valence-corrected chi connectivity index (χ1v) is 4.02. The average Bonchev–Trinajstić information content (AvgIpc) is 2.31. The highest BCUT2D eigenvalue weighted by Gasteiger charge is 2.42. The van der Waals surface area contributed by atoms with E-state index in [9.17, 15) is 5.11 Å². The van der Waals surface area contributed by atoms with E-state index in [-0.39, 0.29) is 6.61 Å². The fourth-order valence-corrected chi connectivity index (χ4v) is 1.10. The van der Waals surface area contributed by atoms with E-state index in [4.69, 9.17) is 14.6 Å². The van der Waals surface area contributed by atoms with Gasteiger partial charge in [-0.2, -0.15) is 0 Å². The average molecular weight is 176 g/mol. The van der Waals surface area contributed by atoms with Crippen LogP contribution in [0.15, 0.2) is 0 Å². The highest BCUT2D eigenvalue weighted by molar-refractivity contribution is 4.87. The van der Waals surface area contributed by atoms with E-state index in [0.29, 0.717) is 6.61 Å². The third-order valence-corrected chi connectivity index (χ3v) is 2.02. The topological polar surface area (TPSA) is 58.9 Å². The van der Waals surface area contributed by atoms with Crippen LogP contribution in [0, 0.1) is 0 Å². The number of aliphatic hydroxyl groups excluding tert-OH is 1. The van der Waals surface area contributed by atoms with Crippen molar-refractivity contribution in [3.05, 3.63) is 0 Å². The first-order valence-electron chi connectivity index (χ1n) is 4.02. The van der Waals surface area contributed by atoms with Crippen molar-refractivity contribution in [3.63, 3.8) is 0 Å².